The zero-order valence-electron chi connectivity index (χ0n) is 15.7. The summed E-state index contributed by atoms with van der Waals surface area (Å²) in [6.45, 7) is 0. The molecule has 0 fully saturated rings. The Bertz CT molecular complexity index is 1060. The summed E-state index contributed by atoms with van der Waals surface area (Å²) in [5, 5.41) is 11.8. The highest BCUT2D eigenvalue weighted by Gasteiger charge is 2.26. The first-order chi connectivity index (χ1) is 14.1. The van der Waals surface area contributed by atoms with Crippen LogP contribution >= 0.6 is 0 Å². The number of esters is 1. The number of ether oxygens (including phenoxy) is 2. The van der Waals surface area contributed by atoms with E-state index in [0.29, 0.717) is 22.6 Å². The molecular formula is C23H18N2O4. The molecule has 0 aromatic heterocycles. The van der Waals surface area contributed by atoms with Crippen LogP contribution in [0.15, 0.2) is 78.9 Å². The second kappa shape index (κ2) is 9.20. The van der Waals surface area contributed by atoms with Crippen molar-refractivity contribution in [2.75, 3.05) is 12.4 Å². The summed E-state index contributed by atoms with van der Waals surface area (Å²) >= 11 is 0. The SMILES string of the molecule is COc1cccc(NC(=O)[C@H](OC(=O)c2cccc(C#N)c2)c2ccccc2)c1. The van der Waals surface area contributed by atoms with Crippen molar-refractivity contribution in [1.82, 2.24) is 0 Å². The smallest absolute Gasteiger partial charge is 0.339 e. The normalized spacial score (nSPS) is 11.0. The van der Waals surface area contributed by atoms with E-state index in [9.17, 15) is 9.59 Å². The van der Waals surface area contributed by atoms with Gasteiger partial charge >= 0.3 is 5.97 Å². The first kappa shape index (κ1) is 19.6. The topological polar surface area (TPSA) is 88.4 Å². The lowest BCUT2D eigenvalue weighted by molar-refractivity contribution is -0.125. The minimum atomic E-state index is -1.17. The molecule has 144 valence electrons. The van der Waals surface area contributed by atoms with Crippen LogP contribution in [-0.2, 0) is 9.53 Å². The third-order valence-electron chi connectivity index (χ3n) is 4.13. The van der Waals surface area contributed by atoms with Crippen molar-refractivity contribution in [3.8, 4) is 11.8 Å². The minimum absolute atomic E-state index is 0.194. The van der Waals surface area contributed by atoms with Gasteiger partial charge in [0, 0.05) is 17.3 Å². The Morgan fingerprint density at radius 1 is 0.966 bits per heavy atom. The standard InChI is InChI=1S/C23H18N2O4/c1-28-20-12-6-11-19(14-20)25-22(26)21(17-8-3-2-4-9-17)29-23(27)18-10-5-7-16(13-18)15-24/h2-14,21H,1H3,(H,25,26)/t21-/m1/s1. The maximum Gasteiger partial charge on any atom is 0.339 e. The second-order valence-electron chi connectivity index (χ2n) is 6.11. The van der Waals surface area contributed by atoms with Gasteiger partial charge in [0.25, 0.3) is 5.91 Å². The number of rotatable bonds is 6. The number of carbonyl (C=O) groups is 2. The van der Waals surface area contributed by atoms with Gasteiger partial charge in [-0.3, -0.25) is 4.79 Å². The number of anilines is 1. The highest BCUT2D eigenvalue weighted by Crippen LogP contribution is 2.23. The van der Waals surface area contributed by atoms with E-state index >= 15 is 0 Å². The van der Waals surface area contributed by atoms with Crippen LogP contribution < -0.4 is 10.1 Å². The van der Waals surface area contributed by atoms with Gasteiger partial charge in [0.1, 0.15) is 5.75 Å². The molecule has 0 spiro atoms. The van der Waals surface area contributed by atoms with Crippen molar-refractivity contribution in [3.05, 3.63) is 95.6 Å². The molecular weight excluding hydrogens is 368 g/mol. The summed E-state index contributed by atoms with van der Waals surface area (Å²) in [5.74, 6) is -0.615. The lowest BCUT2D eigenvalue weighted by Crippen LogP contribution is -2.26. The quantitative estimate of drug-likeness (QED) is 0.644. The van der Waals surface area contributed by atoms with Crippen LogP contribution in [0.3, 0.4) is 0 Å². The fraction of sp³-hybridized carbons (Fsp3) is 0.0870. The number of carbonyl (C=O) groups excluding carboxylic acids is 2. The van der Waals surface area contributed by atoms with E-state index < -0.39 is 18.0 Å². The third-order valence-corrected chi connectivity index (χ3v) is 4.13. The molecule has 6 nitrogen and oxygen atoms in total. The van der Waals surface area contributed by atoms with Crippen LogP contribution in [0.4, 0.5) is 5.69 Å². The molecule has 3 aromatic carbocycles. The molecule has 0 saturated carbocycles. The molecule has 0 unspecified atom stereocenters. The van der Waals surface area contributed by atoms with E-state index in [-0.39, 0.29) is 5.56 Å². The number of nitriles is 1. The maximum absolute atomic E-state index is 12.9. The predicted octanol–water partition coefficient (Wildman–Crippen LogP) is 4.10. The fourth-order valence-corrected chi connectivity index (χ4v) is 2.70. The van der Waals surface area contributed by atoms with Gasteiger partial charge in [-0.15, -0.1) is 0 Å². The Balaban J connectivity index is 1.85. The van der Waals surface area contributed by atoms with Crippen LogP contribution in [0.2, 0.25) is 0 Å². The Kier molecular flexibility index (Phi) is 6.23. The Hall–Kier alpha value is -4.11. The number of methoxy groups -OCH3 is 1. The molecule has 1 N–H and O–H groups in total. The molecule has 1 atom stereocenters. The van der Waals surface area contributed by atoms with E-state index in [4.69, 9.17) is 14.7 Å². The molecule has 3 rings (SSSR count). The van der Waals surface area contributed by atoms with Crippen LogP contribution in [0.1, 0.15) is 27.6 Å². The summed E-state index contributed by atoms with van der Waals surface area (Å²) in [6.07, 6.45) is -1.17. The number of nitrogens with zero attached hydrogens (tertiary/aromatic N) is 1. The summed E-state index contributed by atoms with van der Waals surface area (Å²) in [4.78, 5) is 25.5. The molecule has 0 aliphatic carbocycles. The monoisotopic (exact) mass is 386 g/mol. The molecule has 0 radical (unpaired) electrons. The van der Waals surface area contributed by atoms with E-state index in [1.54, 1.807) is 66.7 Å². The highest BCUT2D eigenvalue weighted by atomic mass is 16.5. The number of nitrogens with one attached hydrogen (secondary N) is 1. The van der Waals surface area contributed by atoms with Crippen LogP contribution in [0, 0.1) is 11.3 Å². The zero-order valence-corrected chi connectivity index (χ0v) is 15.7. The molecule has 0 bridgehead atoms. The zero-order chi connectivity index (χ0) is 20.6. The van der Waals surface area contributed by atoms with Crippen LogP contribution in [-0.4, -0.2) is 19.0 Å². The number of hydrogen-bond acceptors (Lipinski definition) is 5. The van der Waals surface area contributed by atoms with Crippen LogP contribution in [0.25, 0.3) is 0 Å². The van der Waals surface area contributed by atoms with Crippen molar-refractivity contribution < 1.29 is 19.1 Å². The third kappa shape index (κ3) is 4.99. The molecule has 29 heavy (non-hydrogen) atoms. The Labute approximate surface area is 168 Å². The van der Waals surface area contributed by atoms with Gasteiger partial charge in [-0.05, 0) is 30.3 Å². The van der Waals surface area contributed by atoms with Crippen molar-refractivity contribution in [2.45, 2.75) is 6.10 Å². The predicted molar refractivity (Wildman–Crippen MR) is 107 cm³/mol. The summed E-state index contributed by atoms with van der Waals surface area (Å²) in [7, 11) is 1.53. The molecule has 0 aliphatic heterocycles. The van der Waals surface area contributed by atoms with Gasteiger partial charge in [-0.1, -0.05) is 42.5 Å². The van der Waals surface area contributed by atoms with Crippen molar-refractivity contribution in [3.63, 3.8) is 0 Å². The maximum atomic E-state index is 12.9. The van der Waals surface area contributed by atoms with Crippen molar-refractivity contribution >= 4 is 17.6 Å². The van der Waals surface area contributed by atoms with Gasteiger partial charge in [0.05, 0.1) is 24.3 Å². The van der Waals surface area contributed by atoms with Gasteiger partial charge in [0.15, 0.2) is 0 Å². The number of benzene rings is 3. The number of amides is 1. The Morgan fingerprint density at radius 2 is 1.72 bits per heavy atom. The summed E-state index contributed by atoms with van der Waals surface area (Å²) < 4.78 is 10.7. The molecule has 0 heterocycles. The van der Waals surface area contributed by atoms with E-state index in [1.165, 1.54) is 19.2 Å². The molecule has 1 amide bonds. The number of hydrogen-bond donors (Lipinski definition) is 1. The van der Waals surface area contributed by atoms with Gasteiger partial charge < -0.3 is 14.8 Å². The first-order valence-electron chi connectivity index (χ1n) is 8.81. The van der Waals surface area contributed by atoms with E-state index in [0.717, 1.165) is 0 Å². The summed E-state index contributed by atoms with van der Waals surface area (Å²) in [5.41, 5.74) is 1.56. The van der Waals surface area contributed by atoms with E-state index in [1.807, 2.05) is 6.07 Å². The molecule has 0 saturated heterocycles. The lowest BCUT2D eigenvalue weighted by atomic mass is 10.1. The summed E-state index contributed by atoms with van der Waals surface area (Å²) in [6, 6.07) is 23.7. The second-order valence-corrected chi connectivity index (χ2v) is 6.11. The Morgan fingerprint density at radius 3 is 2.45 bits per heavy atom. The highest BCUT2D eigenvalue weighted by molar-refractivity contribution is 5.98. The van der Waals surface area contributed by atoms with E-state index in [2.05, 4.69) is 5.32 Å². The van der Waals surface area contributed by atoms with Gasteiger partial charge in [0.2, 0.25) is 6.10 Å². The molecule has 3 aromatic rings. The first-order valence-corrected chi connectivity index (χ1v) is 8.81. The minimum Gasteiger partial charge on any atom is -0.497 e. The average Bonchev–Trinajstić information content (AvgIpc) is 2.78. The van der Waals surface area contributed by atoms with Crippen molar-refractivity contribution in [2.24, 2.45) is 0 Å². The van der Waals surface area contributed by atoms with Gasteiger partial charge in [-0.25, -0.2) is 4.79 Å². The van der Waals surface area contributed by atoms with Gasteiger partial charge in [-0.2, -0.15) is 5.26 Å². The lowest BCUT2D eigenvalue weighted by Gasteiger charge is -2.18. The molecule has 0 aliphatic rings. The fourth-order valence-electron chi connectivity index (χ4n) is 2.70. The molecule has 6 heteroatoms. The van der Waals surface area contributed by atoms with Crippen molar-refractivity contribution in [1.29, 1.82) is 5.26 Å². The average molecular weight is 386 g/mol. The largest absolute Gasteiger partial charge is 0.497 e. The van der Waals surface area contributed by atoms with Crippen LogP contribution in [0.5, 0.6) is 5.75 Å².